The van der Waals surface area contributed by atoms with Gasteiger partial charge in [0.25, 0.3) is 0 Å². The summed E-state index contributed by atoms with van der Waals surface area (Å²) in [6.45, 7) is 9.24. The number of amides is 4. The maximum absolute atomic E-state index is 11.6. The van der Waals surface area contributed by atoms with Crippen molar-refractivity contribution < 1.29 is 14.4 Å². The molecule has 2 aliphatic heterocycles. The molecule has 0 unspecified atom stereocenters. The van der Waals surface area contributed by atoms with Crippen molar-refractivity contribution in [1.82, 2.24) is 15.5 Å². The van der Waals surface area contributed by atoms with Crippen molar-refractivity contribution in [2.45, 2.75) is 33.2 Å². The minimum absolute atomic E-state index is 0.255. The molecule has 3 rings (SSSR count). The molecule has 0 saturated carbocycles. The maximum Gasteiger partial charge on any atom is 0.322 e. The third kappa shape index (κ3) is 5.20. The van der Waals surface area contributed by atoms with E-state index < -0.39 is 6.03 Å². The number of hydrogen-bond donors (Lipinski definition) is 2. The normalized spacial score (nSPS) is 19.7. The van der Waals surface area contributed by atoms with E-state index in [9.17, 15) is 14.4 Å². The first kappa shape index (κ1) is 18.8. The van der Waals surface area contributed by atoms with Gasteiger partial charge >= 0.3 is 6.03 Å². The van der Waals surface area contributed by atoms with Gasteiger partial charge in [0, 0.05) is 38.3 Å². The number of benzene rings is 1. The Bertz CT molecular complexity index is 639. The number of nitrogens with zero attached hydrogens (tertiary/aromatic N) is 2. The van der Waals surface area contributed by atoms with Gasteiger partial charge in [0.15, 0.2) is 0 Å². The maximum atomic E-state index is 11.6. The predicted molar refractivity (Wildman–Crippen MR) is 96.4 cm³/mol. The summed E-state index contributed by atoms with van der Waals surface area (Å²) in [7, 11) is 0. The second-order valence-corrected chi connectivity index (χ2v) is 6.24. The molecule has 2 heterocycles. The van der Waals surface area contributed by atoms with Crippen LogP contribution in [0, 0.1) is 6.92 Å². The van der Waals surface area contributed by atoms with E-state index in [1.807, 2.05) is 11.8 Å². The molecule has 7 heteroatoms. The molecule has 0 spiro atoms. The minimum atomic E-state index is -0.400. The molecule has 4 amide bonds. The number of hydrogen-bond acceptors (Lipinski definition) is 4. The molecule has 1 atom stereocenters. The SMILES string of the molecule is CCC(=O)N1CCN(c2cccc(C)c2)CC1.C[C@@H]1NC(=O)NC1=O. The summed E-state index contributed by atoms with van der Waals surface area (Å²) in [5, 5.41) is 4.44. The van der Waals surface area contributed by atoms with Gasteiger partial charge in [-0.05, 0) is 31.5 Å². The Hall–Kier alpha value is -2.57. The van der Waals surface area contributed by atoms with Crippen LogP contribution in [-0.4, -0.2) is 55.0 Å². The summed E-state index contributed by atoms with van der Waals surface area (Å²) in [6, 6.07) is 7.79. The van der Waals surface area contributed by atoms with Crippen LogP contribution in [0.4, 0.5) is 10.5 Å². The van der Waals surface area contributed by atoms with Crippen LogP contribution in [-0.2, 0) is 9.59 Å². The fourth-order valence-electron chi connectivity index (χ4n) is 2.78. The lowest BCUT2D eigenvalue weighted by molar-refractivity contribution is -0.131. The summed E-state index contributed by atoms with van der Waals surface area (Å²) in [5.41, 5.74) is 2.56. The molecule has 0 aliphatic carbocycles. The van der Waals surface area contributed by atoms with Gasteiger partial charge in [-0.3, -0.25) is 14.9 Å². The second kappa shape index (κ2) is 8.50. The lowest BCUT2D eigenvalue weighted by atomic mass is 10.2. The van der Waals surface area contributed by atoms with Crippen LogP contribution in [0.5, 0.6) is 0 Å². The number of carbonyl (C=O) groups excluding carboxylic acids is 3. The number of aryl methyl sites for hydroxylation is 1. The van der Waals surface area contributed by atoms with Crippen molar-refractivity contribution in [3.8, 4) is 0 Å². The highest BCUT2D eigenvalue weighted by Gasteiger charge is 2.24. The molecule has 136 valence electrons. The summed E-state index contributed by atoms with van der Waals surface area (Å²) >= 11 is 0. The van der Waals surface area contributed by atoms with Crippen molar-refractivity contribution in [2.24, 2.45) is 0 Å². The van der Waals surface area contributed by atoms with Crippen LogP contribution in [0.15, 0.2) is 24.3 Å². The Morgan fingerprint density at radius 1 is 1.20 bits per heavy atom. The van der Waals surface area contributed by atoms with E-state index in [4.69, 9.17) is 0 Å². The van der Waals surface area contributed by atoms with Crippen molar-refractivity contribution in [3.63, 3.8) is 0 Å². The first-order valence-corrected chi connectivity index (χ1v) is 8.61. The van der Waals surface area contributed by atoms with Crippen molar-refractivity contribution in [2.75, 3.05) is 31.1 Å². The highest BCUT2D eigenvalue weighted by molar-refractivity contribution is 6.03. The number of carbonyl (C=O) groups is 3. The smallest absolute Gasteiger partial charge is 0.322 e. The average Bonchev–Trinajstić information content (AvgIpc) is 2.90. The fourth-order valence-corrected chi connectivity index (χ4v) is 2.78. The van der Waals surface area contributed by atoms with E-state index in [2.05, 4.69) is 46.7 Å². The highest BCUT2D eigenvalue weighted by Crippen LogP contribution is 2.17. The number of imide groups is 1. The molecule has 1 aromatic rings. The Labute approximate surface area is 148 Å². The van der Waals surface area contributed by atoms with Crippen LogP contribution in [0.3, 0.4) is 0 Å². The molecular formula is C18H26N4O3. The summed E-state index contributed by atoms with van der Waals surface area (Å²) < 4.78 is 0. The largest absolute Gasteiger partial charge is 0.368 e. The summed E-state index contributed by atoms with van der Waals surface area (Å²) in [5.74, 6) is 0.0175. The quantitative estimate of drug-likeness (QED) is 0.790. The second-order valence-electron chi connectivity index (χ2n) is 6.24. The minimum Gasteiger partial charge on any atom is -0.368 e. The molecular weight excluding hydrogens is 320 g/mol. The van der Waals surface area contributed by atoms with Crippen molar-refractivity contribution >= 4 is 23.5 Å². The Morgan fingerprint density at radius 2 is 1.88 bits per heavy atom. The lowest BCUT2D eigenvalue weighted by Crippen LogP contribution is -2.48. The van der Waals surface area contributed by atoms with Crippen molar-refractivity contribution in [1.29, 1.82) is 0 Å². The number of rotatable bonds is 2. The van der Waals surface area contributed by atoms with E-state index in [-0.39, 0.29) is 17.9 Å². The number of piperazine rings is 1. The number of nitrogens with one attached hydrogen (secondary N) is 2. The topological polar surface area (TPSA) is 81.8 Å². The van der Waals surface area contributed by atoms with Gasteiger partial charge in [0.05, 0.1) is 0 Å². The van der Waals surface area contributed by atoms with E-state index >= 15 is 0 Å². The molecule has 2 N–H and O–H groups in total. The van der Waals surface area contributed by atoms with Crippen LogP contribution >= 0.6 is 0 Å². The third-order valence-electron chi connectivity index (χ3n) is 4.28. The highest BCUT2D eigenvalue weighted by atomic mass is 16.2. The van der Waals surface area contributed by atoms with Gasteiger partial charge in [-0.1, -0.05) is 19.1 Å². The third-order valence-corrected chi connectivity index (χ3v) is 4.28. The van der Waals surface area contributed by atoms with Crippen molar-refractivity contribution in [3.05, 3.63) is 29.8 Å². The van der Waals surface area contributed by atoms with Gasteiger partial charge in [-0.25, -0.2) is 4.79 Å². The first-order chi connectivity index (χ1) is 11.9. The van der Waals surface area contributed by atoms with Crippen LogP contribution in [0.25, 0.3) is 0 Å². The zero-order valence-electron chi connectivity index (χ0n) is 15.0. The Balaban J connectivity index is 0.000000236. The Kier molecular flexibility index (Phi) is 6.38. The van der Waals surface area contributed by atoms with Gasteiger partial charge in [-0.2, -0.15) is 0 Å². The summed E-state index contributed by atoms with van der Waals surface area (Å²) in [6.07, 6.45) is 0.616. The molecule has 7 nitrogen and oxygen atoms in total. The van der Waals surface area contributed by atoms with Crippen LogP contribution in [0.1, 0.15) is 25.8 Å². The summed E-state index contributed by atoms with van der Waals surface area (Å²) in [4.78, 5) is 36.5. The monoisotopic (exact) mass is 346 g/mol. The molecule has 2 fully saturated rings. The van der Waals surface area contributed by atoms with E-state index in [1.165, 1.54) is 11.3 Å². The number of urea groups is 1. The standard InChI is InChI=1S/C14H20N2O.C4H6N2O2/c1-3-14(17)16-9-7-15(8-10-16)13-6-4-5-12(2)11-13;1-2-3(7)6-4(8)5-2/h4-6,11H,3,7-10H2,1-2H3;2H,1H3,(H2,5,6,7,8)/t;2-/m.0/s1. The zero-order valence-corrected chi connectivity index (χ0v) is 15.0. The average molecular weight is 346 g/mol. The van der Waals surface area contributed by atoms with Gasteiger partial charge in [0.1, 0.15) is 6.04 Å². The van der Waals surface area contributed by atoms with E-state index in [1.54, 1.807) is 6.92 Å². The molecule has 25 heavy (non-hydrogen) atoms. The first-order valence-electron chi connectivity index (χ1n) is 8.61. The van der Waals surface area contributed by atoms with Gasteiger partial charge < -0.3 is 15.1 Å². The molecule has 0 aromatic heterocycles. The fraction of sp³-hybridized carbons (Fsp3) is 0.500. The van der Waals surface area contributed by atoms with Gasteiger partial charge in [0.2, 0.25) is 11.8 Å². The molecule has 1 aromatic carbocycles. The Morgan fingerprint density at radius 3 is 2.32 bits per heavy atom. The van der Waals surface area contributed by atoms with E-state index in [0.29, 0.717) is 6.42 Å². The lowest BCUT2D eigenvalue weighted by Gasteiger charge is -2.36. The van der Waals surface area contributed by atoms with Gasteiger partial charge in [-0.15, -0.1) is 0 Å². The number of anilines is 1. The predicted octanol–water partition coefficient (Wildman–Crippen LogP) is 1.27. The zero-order chi connectivity index (χ0) is 18.4. The van der Waals surface area contributed by atoms with E-state index in [0.717, 1.165) is 26.2 Å². The van der Waals surface area contributed by atoms with Crippen LogP contribution < -0.4 is 15.5 Å². The molecule has 2 aliphatic rings. The molecule has 2 saturated heterocycles. The molecule has 0 radical (unpaired) electrons. The van der Waals surface area contributed by atoms with Crippen LogP contribution in [0.2, 0.25) is 0 Å². The molecule has 0 bridgehead atoms.